The first-order valence-electron chi connectivity index (χ1n) is 8.20. The van der Waals surface area contributed by atoms with Crippen molar-refractivity contribution in [2.24, 2.45) is 5.92 Å². The van der Waals surface area contributed by atoms with Gasteiger partial charge in [-0.2, -0.15) is 0 Å². The maximum absolute atomic E-state index is 12.6. The molecule has 2 rings (SSSR count). The Kier molecular flexibility index (Phi) is 5.87. The lowest BCUT2D eigenvalue weighted by Crippen LogP contribution is -2.37. The Morgan fingerprint density at radius 3 is 2.75 bits per heavy atom. The normalized spacial score (nSPS) is 29.0. The van der Waals surface area contributed by atoms with Gasteiger partial charge in [0.2, 0.25) is 5.88 Å². The lowest BCUT2D eigenvalue weighted by atomic mass is 10.1. The zero-order valence-corrected chi connectivity index (χ0v) is 16.1. The van der Waals surface area contributed by atoms with Crippen molar-refractivity contribution < 1.29 is 9.63 Å². The van der Waals surface area contributed by atoms with Crippen LogP contribution in [0.3, 0.4) is 0 Å². The van der Waals surface area contributed by atoms with Crippen molar-refractivity contribution in [3.8, 4) is 0 Å². The summed E-state index contributed by atoms with van der Waals surface area (Å²) in [6.45, 7) is 10.9. The molecule has 2 atom stereocenters. The molecule has 0 aromatic carbocycles. The second-order valence-corrected chi connectivity index (χ2v) is 8.36. The van der Waals surface area contributed by atoms with E-state index >= 15 is 0 Å². The van der Waals surface area contributed by atoms with E-state index in [4.69, 9.17) is 4.84 Å². The van der Waals surface area contributed by atoms with E-state index in [1.807, 2.05) is 51.2 Å². The topological polar surface area (TPSA) is 65.6 Å². The van der Waals surface area contributed by atoms with Crippen LogP contribution in [0.25, 0.3) is 0 Å². The zero-order chi connectivity index (χ0) is 17.9. The van der Waals surface area contributed by atoms with E-state index in [9.17, 15) is 4.79 Å². The van der Waals surface area contributed by atoms with Crippen molar-refractivity contribution in [3.63, 3.8) is 0 Å². The van der Waals surface area contributed by atoms with Gasteiger partial charge in [-0.05, 0) is 39.6 Å². The minimum absolute atomic E-state index is 0.0513. The molecule has 3 N–H and O–H groups in total. The van der Waals surface area contributed by atoms with Crippen molar-refractivity contribution in [1.82, 2.24) is 20.4 Å². The summed E-state index contributed by atoms with van der Waals surface area (Å²) in [6.07, 6.45) is 5.92. The number of rotatable bonds is 2. The largest absolute Gasteiger partial charge is 0.389 e. The fourth-order valence-corrected chi connectivity index (χ4v) is 3.22. The number of hydrogen-bond donors (Lipinski definition) is 3. The molecule has 2 heterocycles. The third-order valence-electron chi connectivity index (χ3n) is 3.52. The number of nitrogens with zero attached hydrogens (tertiary/aromatic N) is 1. The van der Waals surface area contributed by atoms with Gasteiger partial charge < -0.3 is 15.5 Å². The molecular formula is C17H28N4O2S. The maximum atomic E-state index is 12.6. The van der Waals surface area contributed by atoms with E-state index < -0.39 is 0 Å². The Labute approximate surface area is 148 Å². The van der Waals surface area contributed by atoms with Gasteiger partial charge in [0.05, 0.1) is 0 Å². The first kappa shape index (κ1) is 18.7. The highest BCUT2D eigenvalue weighted by molar-refractivity contribution is 8.01. The number of hydroxylamine groups is 1. The molecule has 1 amide bonds. The summed E-state index contributed by atoms with van der Waals surface area (Å²) < 4.78 is 1.85. The van der Waals surface area contributed by atoms with Crippen LogP contribution < -0.4 is 16.1 Å². The molecule has 6 nitrogen and oxygen atoms in total. The minimum Gasteiger partial charge on any atom is -0.389 e. The molecule has 1 unspecified atom stereocenters. The van der Waals surface area contributed by atoms with Crippen LogP contribution in [0, 0.1) is 5.92 Å². The Balaban J connectivity index is 2.28. The van der Waals surface area contributed by atoms with Gasteiger partial charge in [0.15, 0.2) is 0 Å². The molecule has 2 aliphatic rings. The molecule has 0 saturated carbocycles. The van der Waals surface area contributed by atoms with E-state index in [0.29, 0.717) is 10.8 Å². The highest BCUT2D eigenvalue weighted by atomic mass is 32.2. The quantitative estimate of drug-likeness (QED) is 0.523. The number of carbonyl (C=O) groups excluding carboxylic acids is 1. The van der Waals surface area contributed by atoms with Gasteiger partial charge >= 0.3 is 0 Å². The molecule has 0 aliphatic carbocycles. The third kappa shape index (κ3) is 4.95. The van der Waals surface area contributed by atoms with Crippen molar-refractivity contribution >= 4 is 17.9 Å². The van der Waals surface area contributed by atoms with E-state index in [1.54, 1.807) is 0 Å². The van der Waals surface area contributed by atoms with Crippen LogP contribution in [0.5, 0.6) is 0 Å². The molecule has 0 saturated heterocycles. The molecule has 134 valence electrons. The van der Waals surface area contributed by atoms with E-state index in [2.05, 4.69) is 29.1 Å². The number of carbonyl (C=O) groups is 1. The monoisotopic (exact) mass is 352 g/mol. The van der Waals surface area contributed by atoms with Gasteiger partial charge in [-0.15, -0.1) is 5.48 Å². The molecule has 2 aliphatic heterocycles. The minimum atomic E-state index is -0.178. The van der Waals surface area contributed by atoms with E-state index in [0.717, 1.165) is 12.2 Å². The molecule has 7 heteroatoms. The zero-order valence-electron chi connectivity index (χ0n) is 15.3. The first-order chi connectivity index (χ1) is 11.2. The van der Waals surface area contributed by atoms with Crippen LogP contribution in [0.4, 0.5) is 0 Å². The summed E-state index contributed by atoms with van der Waals surface area (Å²) in [5.74, 6) is 0.699. The summed E-state index contributed by atoms with van der Waals surface area (Å²) in [4.78, 5) is 19.0. The van der Waals surface area contributed by atoms with Crippen LogP contribution >= 0.6 is 11.9 Å². The predicted octanol–water partition coefficient (Wildman–Crippen LogP) is 2.25. The highest BCUT2D eigenvalue weighted by Gasteiger charge is 2.27. The highest BCUT2D eigenvalue weighted by Crippen LogP contribution is 2.31. The lowest BCUT2D eigenvalue weighted by molar-refractivity contribution is -0.117. The third-order valence-corrected chi connectivity index (χ3v) is 4.56. The number of hydrogen-bond acceptors (Lipinski definition) is 6. The van der Waals surface area contributed by atoms with Crippen molar-refractivity contribution in [2.75, 3.05) is 13.6 Å². The second-order valence-electron chi connectivity index (χ2n) is 7.22. The molecule has 0 bridgehead atoms. The molecule has 24 heavy (non-hydrogen) atoms. The average Bonchev–Trinajstić information content (AvgIpc) is 2.56. The average molecular weight is 353 g/mol. The molecule has 0 spiro atoms. The summed E-state index contributed by atoms with van der Waals surface area (Å²) in [5.41, 5.74) is 3.78. The summed E-state index contributed by atoms with van der Waals surface area (Å²) in [5, 5.41) is 6.43. The Hall–Kier alpha value is -1.60. The van der Waals surface area contributed by atoms with Crippen LogP contribution in [-0.2, 0) is 9.63 Å². The molecule has 0 aromatic heterocycles. The summed E-state index contributed by atoms with van der Waals surface area (Å²) in [6, 6.07) is 0.0869. The SMILES string of the molecule is CC1/C=C/C=C(/ONC(C)(C)C)N(C)SC2=C1NC[C@@H](C)NC2=O. The second kappa shape index (κ2) is 7.53. The van der Waals surface area contributed by atoms with Crippen molar-refractivity contribution in [1.29, 1.82) is 0 Å². The number of amides is 1. The van der Waals surface area contributed by atoms with Crippen LogP contribution in [0.15, 0.2) is 34.7 Å². The number of nitrogens with one attached hydrogen (secondary N) is 3. The van der Waals surface area contributed by atoms with Gasteiger partial charge in [-0.25, -0.2) is 0 Å². The van der Waals surface area contributed by atoms with Gasteiger partial charge in [0.25, 0.3) is 5.91 Å². The summed E-state index contributed by atoms with van der Waals surface area (Å²) >= 11 is 1.37. The Morgan fingerprint density at radius 2 is 2.08 bits per heavy atom. The van der Waals surface area contributed by atoms with Gasteiger partial charge in [-0.3, -0.25) is 9.10 Å². The molecular weight excluding hydrogens is 324 g/mol. The van der Waals surface area contributed by atoms with Gasteiger partial charge in [0.1, 0.15) is 4.91 Å². The fourth-order valence-electron chi connectivity index (χ4n) is 2.26. The van der Waals surface area contributed by atoms with Crippen LogP contribution in [0.1, 0.15) is 34.6 Å². The van der Waals surface area contributed by atoms with Gasteiger partial charge in [0, 0.05) is 42.9 Å². The van der Waals surface area contributed by atoms with Gasteiger partial charge in [-0.1, -0.05) is 19.1 Å². The Morgan fingerprint density at radius 1 is 1.38 bits per heavy atom. The molecule has 0 aromatic rings. The van der Waals surface area contributed by atoms with Crippen LogP contribution in [0.2, 0.25) is 0 Å². The van der Waals surface area contributed by atoms with Crippen LogP contribution in [-0.4, -0.2) is 35.4 Å². The van der Waals surface area contributed by atoms with Crippen molar-refractivity contribution in [2.45, 2.75) is 46.2 Å². The summed E-state index contributed by atoms with van der Waals surface area (Å²) in [7, 11) is 1.89. The fraction of sp³-hybridized carbons (Fsp3) is 0.588. The first-order valence-corrected chi connectivity index (χ1v) is 8.98. The van der Waals surface area contributed by atoms with E-state index in [-0.39, 0.29) is 23.4 Å². The maximum Gasteiger partial charge on any atom is 0.261 e. The molecule has 0 radical (unpaired) electrons. The predicted molar refractivity (Wildman–Crippen MR) is 98.3 cm³/mol. The Bertz CT molecular complexity index is 578. The number of allylic oxidation sites excluding steroid dienone is 3. The standard InChI is InChI=1S/C17H28N4O2S/c1-11-8-7-9-13(23-20-17(3,4)5)21(6)24-15-14(11)18-10-12(2)19-16(15)22/h7-9,11-12,18,20H,10H2,1-6H3,(H,19,22)/b8-7+,13-9+/t11?,12-/m1/s1. The van der Waals surface area contributed by atoms with Crippen molar-refractivity contribution in [3.05, 3.63) is 34.7 Å². The molecule has 0 fully saturated rings. The lowest BCUT2D eigenvalue weighted by Gasteiger charge is -2.26. The van der Waals surface area contributed by atoms with E-state index in [1.165, 1.54) is 11.9 Å². The smallest absolute Gasteiger partial charge is 0.261 e.